The van der Waals surface area contributed by atoms with E-state index in [1.165, 1.54) is 0 Å². The van der Waals surface area contributed by atoms with Gasteiger partial charge in [0.05, 0.1) is 40.3 Å². The van der Waals surface area contributed by atoms with Gasteiger partial charge >= 0.3 is 0 Å². The molecular formula is C28H28ClN3O3. The van der Waals surface area contributed by atoms with Gasteiger partial charge in [0.25, 0.3) is 11.5 Å². The Morgan fingerprint density at radius 3 is 2.43 bits per heavy atom. The van der Waals surface area contributed by atoms with Crippen LogP contribution in [0.1, 0.15) is 48.9 Å². The van der Waals surface area contributed by atoms with E-state index in [9.17, 15) is 9.59 Å². The van der Waals surface area contributed by atoms with Gasteiger partial charge in [0.15, 0.2) is 0 Å². The summed E-state index contributed by atoms with van der Waals surface area (Å²) in [5.74, 6) is 0.972. The highest BCUT2D eigenvalue weighted by molar-refractivity contribution is 6.33. The molecule has 4 rings (SSSR count). The van der Waals surface area contributed by atoms with Crippen molar-refractivity contribution >= 4 is 28.4 Å². The lowest BCUT2D eigenvalue weighted by molar-refractivity contribution is 0.0678. The third-order valence-electron chi connectivity index (χ3n) is 6.09. The van der Waals surface area contributed by atoms with E-state index < -0.39 is 6.04 Å². The fraction of sp³-hybridized carbons (Fsp3) is 0.250. The molecule has 0 fully saturated rings. The number of para-hydroxylation sites is 1. The summed E-state index contributed by atoms with van der Waals surface area (Å²) >= 11 is 6.38. The number of methoxy groups -OCH3 is 1. The smallest absolute Gasteiger partial charge is 0.266 e. The zero-order chi connectivity index (χ0) is 24.9. The number of ether oxygens (including phenoxy) is 1. The lowest BCUT2D eigenvalue weighted by Gasteiger charge is -2.31. The van der Waals surface area contributed by atoms with Crippen molar-refractivity contribution in [1.29, 1.82) is 0 Å². The zero-order valence-corrected chi connectivity index (χ0v) is 20.8. The average molecular weight is 490 g/mol. The van der Waals surface area contributed by atoms with Crippen LogP contribution >= 0.6 is 11.6 Å². The fourth-order valence-electron chi connectivity index (χ4n) is 4.14. The third kappa shape index (κ3) is 4.93. The second-order valence-electron chi connectivity index (χ2n) is 8.33. The highest BCUT2D eigenvalue weighted by atomic mass is 35.5. The van der Waals surface area contributed by atoms with Crippen LogP contribution in [0.15, 0.2) is 77.6 Å². The van der Waals surface area contributed by atoms with Crippen molar-refractivity contribution in [3.63, 3.8) is 0 Å². The minimum absolute atomic E-state index is 0.191. The van der Waals surface area contributed by atoms with E-state index in [1.54, 1.807) is 59.0 Å². The van der Waals surface area contributed by atoms with Crippen LogP contribution in [-0.2, 0) is 0 Å². The van der Waals surface area contributed by atoms with Gasteiger partial charge in [0, 0.05) is 6.54 Å². The average Bonchev–Trinajstić information content (AvgIpc) is 2.89. The molecule has 180 valence electrons. The number of nitrogens with zero attached hydrogens (tertiary/aromatic N) is 3. The summed E-state index contributed by atoms with van der Waals surface area (Å²) in [7, 11) is 1.60. The van der Waals surface area contributed by atoms with Crippen LogP contribution in [0.25, 0.3) is 16.6 Å². The summed E-state index contributed by atoms with van der Waals surface area (Å²) in [6, 6.07) is 21.0. The molecule has 4 aromatic rings. The van der Waals surface area contributed by atoms with Gasteiger partial charge in [-0.05, 0) is 61.9 Å². The molecule has 0 spiro atoms. The molecule has 0 radical (unpaired) electrons. The van der Waals surface area contributed by atoms with Crippen LogP contribution in [0.4, 0.5) is 0 Å². The Labute approximate surface area is 209 Å². The maximum atomic E-state index is 13.7. The van der Waals surface area contributed by atoms with E-state index in [1.807, 2.05) is 37.3 Å². The molecule has 0 aliphatic rings. The van der Waals surface area contributed by atoms with E-state index in [0.29, 0.717) is 45.3 Å². The molecule has 1 atom stereocenters. The van der Waals surface area contributed by atoms with Crippen molar-refractivity contribution in [3.05, 3.63) is 99.6 Å². The van der Waals surface area contributed by atoms with E-state index in [0.717, 1.165) is 12.8 Å². The van der Waals surface area contributed by atoms with Gasteiger partial charge in [-0.1, -0.05) is 49.2 Å². The van der Waals surface area contributed by atoms with E-state index in [4.69, 9.17) is 21.3 Å². The number of benzene rings is 3. The Hall–Kier alpha value is -3.64. The SMILES string of the molecule is CCCCN(C(=O)c1ccccc1Cl)C(C)c1nc2ccccc2c(=O)n1-c1ccc(OC)cc1. The number of carbonyl (C=O) groups is 1. The molecular weight excluding hydrogens is 462 g/mol. The number of hydrogen-bond acceptors (Lipinski definition) is 4. The predicted molar refractivity (Wildman–Crippen MR) is 140 cm³/mol. The summed E-state index contributed by atoms with van der Waals surface area (Å²) in [5.41, 5.74) is 1.47. The van der Waals surface area contributed by atoms with Crippen LogP contribution in [0.3, 0.4) is 0 Å². The Balaban J connectivity index is 1.90. The quantitative estimate of drug-likeness (QED) is 0.302. The molecule has 35 heavy (non-hydrogen) atoms. The molecule has 7 heteroatoms. The molecule has 1 aromatic heterocycles. The number of hydrogen-bond donors (Lipinski definition) is 0. The van der Waals surface area contributed by atoms with Gasteiger partial charge < -0.3 is 9.64 Å². The molecule has 0 aliphatic carbocycles. The number of aromatic nitrogens is 2. The van der Waals surface area contributed by atoms with Crippen molar-refractivity contribution in [1.82, 2.24) is 14.5 Å². The fourth-order valence-corrected chi connectivity index (χ4v) is 4.36. The number of amides is 1. The number of fused-ring (bicyclic) bond motifs is 1. The first-order valence-corrected chi connectivity index (χ1v) is 12.1. The second kappa shape index (κ2) is 10.7. The monoisotopic (exact) mass is 489 g/mol. The first-order valence-electron chi connectivity index (χ1n) is 11.7. The van der Waals surface area contributed by atoms with E-state index >= 15 is 0 Å². The van der Waals surface area contributed by atoms with E-state index in [2.05, 4.69) is 6.92 Å². The summed E-state index contributed by atoms with van der Waals surface area (Å²) in [5, 5.41) is 0.905. The van der Waals surface area contributed by atoms with Gasteiger partial charge in [0.1, 0.15) is 11.6 Å². The van der Waals surface area contributed by atoms with Crippen LogP contribution in [0, 0.1) is 0 Å². The molecule has 6 nitrogen and oxygen atoms in total. The van der Waals surface area contributed by atoms with Gasteiger partial charge in [0.2, 0.25) is 0 Å². The normalized spacial score (nSPS) is 11.9. The molecule has 0 aliphatic heterocycles. The van der Waals surface area contributed by atoms with Crippen molar-refractivity contribution in [2.24, 2.45) is 0 Å². The highest BCUT2D eigenvalue weighted by Gasteiger charge is 2.28. The lowest BCUT2D eigenvalue weighted by Crippen LogP contribution is -2.38. The summed E-state index contributed by atoms with van der Waals surface area (Å²) in [4.78, 5) is 34.0. The third-order valence-corrected chi connectivity index (χ3v) is 6.42. The minimum atomic E-state index is -0.496. The molecule has 0 bridgehead atoms. The van der Waals surface area contributed by atoms with Crippen LogP contribution in [0.5, 0.6) is 5.75 Å². The van der Waals surface area contributed by atoms with Crippen LogP contribution in [0.2, 0.25) is 5.02 Å². The topological polar surface area (TPSA) is 64.4 Å². The first-order chi connectivity index (χ1) is 17.0. The lowest BCUT2D eigenvalue weighted by atomic mass is 10.1. The number of rotatable bonds is 8. The standard InChI is InChI=1S/C28H28ClN3O3/c1-4-5-18-31(27(33)22-10-6-8-12-24(22)29)19(2)26-30-25-13-9-7-11-23(25)28(34)32(26)20-14-16-21(35-3)17-15-20/h6-17,19H,4-5,18H2,1-3H3. The summed E-state index contributed by atoms with van der Waals surface area (Å²) in [6.45, 7) is 4.48. The summed E-state index contributed by atoms with van der Waals surface area (Å²) in [6.07, 6.45) is 1.72. The molecule has 0 N–H and O–H groups in total. The largest absolute Gasteiger partial charge is 0.497 e. The number of unbranched alkanes of at least 4 members (excludes halogenated alkanes) is 1. The first kappa shape index (κ1) is 24.5. The Kier molecular flexibility index (Phi) is 7.51. The van der Waals surface area contributed by atoms with Crippen LogP contribution in [-0.4, -0.2) is 34.0 Å². The van der Waals surface area contributed by atoms with Crippen molar-refractivity contribution in [2.75, 3.05) is 13.7 Å². The van der Waals surface area contributed by atoms with Crippen molar-refractivity contribution in [2.45, 2.75) is 32.7 Å². The Morgan fingerprint density at radius 2 is 1.74 bits per heavy atom. The molecule has 3 aromatic carbocycles. The maximum Gasteiger partial charge on any atom is 0.266 e. The molecule has 1 heterocycles. The van der Waals surface area contributed by atoms with Crippen molar-refractivity contribution < 1.29 is 9.53 Å². The second-order valence-corrected chi connectivity index (χ2v) is 8.74. The highest BCUT2D eigenvalue weighted by Crippen LogP contribution is 2.27. The molecule has 0 saturated heterocycles. The Bertz CT molecular complexity index is 1400. The minimum Gasteiger partial charge on any atom is -0.497 e. The molecule has 1 amide bonds. The number of carbonyl (C=O) groups excluding carboxylic acids is 1. The zero-order valence-electron chi connectivity index (χ0n) is 20.1. The Morgan fingerprint density at radius 1 is 1.06 bits per heavy atom. The number of halogens is 1. The predicted octanol–water partition coefficient (Wildman–Crippen LogP) is 6.05. The van der Waals surface area contributed by atoms with Crippen molar-refractivity contribution in [3.8, 4) is 11.4 Å². The maximum absolute atomic E-state index is 13.7. The van der Waals surface area contributed by atoms with Gasteiger partial charge in [-0.3, -0.25) is 14.2 Å². The molecule has 1 unspecified atom stereocenters. The van der Waals surface area contributed by atoms with Gasteiger partial charge in [-0.2, -0.15) is 0 Å². The van der Waals surface area contributed by atoms with E-state index in [-0.39, 0.29) is 11.5 Å². The van der Waals surface area contributed by atoms with Gasteiger partial charge in [-0.15, -0.1) is 0 Å². The van der Waals surface area contributed by atoms with Crippen LogP contribution < -0.4 is 10.3 Å². The van der Waals surface area contributed by atoms with Gasteiger partial charge in [-0.25, -0.2) is 4.98 Å². The summed E-state index contributed by atoms with van der Waals surface area (Å²) < 4.78 is 6.88. The molecule has 0 saturated carbocycles.